The highest BCUT2D eigenvalue weighted by Crippen LogP contribution is 2.20. The molecule has 0 aliphatic heterocycles. The quantitative estimate of drug-likeness (QED) is 0.0302. The highest BCUT2D eigenvalue weighted by molar-refractivity contribution is 7.85. The molecule has 346 valence electrons. The second-order valence-electron chi connectivity index (χ2n) is 17.2. The van der Waals surface area contributed by atoms with Crippen molar-refractivity contribution in [2.75, 3.05) is 13.2 Å². The van der Waals surface area contributed by atoms with Gasteiger partial charge in [0.15, 0.2) is 0 Å². The van der Waals surface area contributed by atoms with Gasteiger partial charge in [0, 0.05) is 0 Å². The Labute approximate surface area is 369 Å². The van der Waals surface area contributed by atoms with Crippen LogP contribution in [0.1, 0.15) is 266 Å². The van der Waals surface area contributed by atoms with E-state index in [4.69, 9.17) is 9.47 Å². The number of hydrogen-bond acceptors (Lipinski definition) is 6. The summed E-state index contributed by atoms with van der Waals surface area (Å²) in [6.07, 6.45) is 53.8. The number of ether oxygens (including phenoxy) is 2. The van der Waals surface area contributed by atoms with Crippen molar-refractivity contribution in [2.45, 2.75) is 250 Å². The smallest absolute Gasteiger partial charge is 0.339 e. The van der Waals surface area contributed by atoms with Crippen LogP contribution in [0.25, 0.3) is 0 Å². The first-order valence-corrected chi connectivity index (χ1v) is 26.5. The lowest BCUT2D eigenvalue weighted by Gasteiger charge is -2.11. The van der Waals surface area contributed by atoms with Crippen molar-refractivity contribution in [3.05, 3.63) is 53.6 Å². The van der Waals surface area contributed by atoms with Gasteiger partial charge in [-0.25, -0.2) is 9.59 Å². The molecule has 0 spiro atoms. The van der Waals surface area contributed by atoms with Gasteiger partial charge < -0.3 is 9.47 Å². The number of esters is 2. The Hall–Kier alpha value is -2.45. The van der Waals surface area contributed by atoms with Gasteiger partial charge in [-0.15, -0.1) is 0 Å². The lowest BCUT2D eigenvalue weighted by Crippen LogP contribution is -2.16. The van der Waals surface area contributed by atoms with Gasteiger partial charge in [0.2, 0.25) is 0 Å². The Balaban J connectivity index is 2.14. The number of unbranched alkanes of at least 4 members (excludes halogenated alkanes) is 32. The number of carbonyl (C=O) groups excluding carboxylic acids is 2. The minimum absolute atomic E-state index is 0.0568. The van der Waals surface area contributed by atoms with Crippen LogP contribution in [-0.4, -0.2) is 38.1 Å². The molecule has 0 radical (unpaired) electrons. The summed E-state index contributed by atoms with van der Waals surface area (Å²) < 4.78 is 44.1. The first-order valence-electron chi connectivity index (χ1n) is 25.1. The molecule has 0 fully saturated rings. The normalized spacial score (nSPS) is 11.9. The number of allylic oxidation sites excluding steroid dienone is 4. The molecule has 1 aromatic rings. The summed E-state index contributed by atoms with van der Waals surface area (Å²) >= 11 is 0. The fourth-order valence-electron chi connectivity index (χ4n) is 7.63. The van der Waals surface area contributed by atoms with Gasteiger partial charge in [-0.05, 0) is 82.4 Å². The molecular formula is C52H90O7S. The standard InChI is InChI=1S/C52H90O7S/c1-3-5-7-9-11-13-15-17-19-21-23-25-27-29-31-33-35-37-39-41-45-58-51(53)49-44-43-48(60(55,56)57)47-50(49)52(54)59-46-42-40-38-36-34-32-30-28-26-24-22-20-18-16-14-12-10-8-6-4-2/h11-14,43-44,47H,3-10,15-42,45-46H2,1-2H3,(H,55,56,57)/b13-11+,14-12+. The molecule has 1 N–H and O–H groups in total. The van der Waals surface area contributed by atoms with Gasteiger partial charge in [-0.2, -0.15) is 8.42 Å². The monoisotopic (exact) mass is 859 g/mol. The zero-order chi connectivity index (χ0) is 43.6. The van der Waals surface area contributed by atoms with E-state index in [1.807, 2.05) is 0 Å². The molecule has 0 aliphatic rings. The van der Waals surface area contributed by atoms with Crippen LogP contribution >= 0.6 is 0 Å². The first kappa shape index (κ1) is 55.6. The van der Waals surface area contributed by atoms with E-state index >= 15 is 0 Å². The van der Waals surface area contributed by atoms with Crippen molar-refractivity contribution < 1.29 is 32.0 Å². The average Bonchev–Trinajstić information content (AvgIpc) is 3.24. The predicted octanol–water partition coefficient (Wildman–Crippen LogP) is 16.4. The molecule has 1 rings (SSSR count). The minimum Gasteiger partial charge on any atom is -0.462 e. The van der Waals surface area contributed by atoms with Gasteiger partial charge in [-0.1, -0.05) is 205 Å². The molecule has 0 aromatic heterocycles. The third-order valence-electron chi connectivity index (χ3n) is 11.5. The molecule has 7 nitrogen and oxygen atoms in total. The molecule has 60 heavy (non-hydrogen) atoms. The Morgan fingerprint density at radius 1 is 0.433 bits per heavy atom. The zero-order valence-electron chi connectivity index (χ0n) is 38.7. The van der Waals surface area contributed by atoms with Crippen molar-refractivity contribution in [3.8, 4) is 0 Å². The number of benzene rings is 1. The SMILES string of the molecule is CCCCC/C=C/CCCCCCCCCCCCCCCOC(=O)c1ccc(S(=O)(=O)O)cc1C(=O)OCCCCCCCCCCCCCCC/C=C/CCCCC. The molecule has 0 saturated carbocycles. The summed E-state index contributed by atoms with van der Waals surface area (Å²) in [7, 11) is -4.57. The maximum atomic E-state index is 13.0. The van der Waals surface area contributed by atoms with E-state index in [9.17, 15) is 22.6 Å². The third kappa shape index (κ3) is 33.2. The van der Waals surface area contributed by atoms with E-state index in [0.29, 0.717) is 6.42 Å². The largest absolute Gasteiger partial charge is 0.462 e. The lowest BCUT2D eigenvalue weighted by molar-refractivity contribution is 0.0450. The Morgan fingerprint density at radius 2 is 0.717 bits per heavy atom. The van der Waals surface area contributed by atoms with Gasteiger partial charge >= 0.3 is 11.9 Å². The minimum atomic E-state index is -4.57. The molecule has 0 heterocycles. The summed E-state index contributed by atoms with van der Waals surface area (Å²) in [5.74, 6) is -1.49. The summed E-state index contributed by atoms with van der Waals surface area (Å²) in [6.45, 7) is 4.90. The molecule has 0 unspecified atom stereocenters. The van der Waals surface area contributed by atoms with E-state index in [0.717, 1.165) is 50.7 Å². The van der Waals surface area contributed by atoms with Gasteiger partial charge in [0.25, 0.3) is 10.1 Å². The summed E-state index contributed by atoms with van der Waals surface area (Å²) in [5.41, 5.74) is -0.264. The highest BCUT2D eigenvalue weighted by Gasteiger charge is 2.23. The van der Waals surface area contributed by atoms with Crippen LogP contribution in [0.2, 0.25) is 0 Å². The van der Waals surface area contributed by atoms with Crippen LogP contribution in [0.15, 0.2) is 47.4 Å². The number of hydrogen-bond donors (Lipinski definition) is 1. The van der Waals surface area contributed by atoms with E-state index in [2.05, 4.69) is 38.2 Å². The maximum Gasteiger partial charge on any atom is 0.339 e. The van der Waals surface area contributed by atoms with Gasteiger partial charge in [-0.3, -0.25) is 4.55 Å². The van der Waals surface area contributed by atoms with Gasteiger partial charge in [0.05, 0.1) is 29.2 Å². The van der Waals surface area contributed by atoms with Crippen LogP contribution < -0.4 is 0 Å². The molecule has 0 bridgehead atoms. The highest BCUT2D eigenvalue weighted by atomic mass is 32.2. The molecule has 0 aliphatic carbocycles. The third-order valence-corrected chi connectivity index (χ3v) is 12.4. The molecule has 1 aromatic carbocycles. The van der Waals surface area contributed by atoms with Crippen LogP contribution in [-0.2, 0) is 19.6 Å². The van der Waals surface area contributed by atoms with Gasteiger partial charge in [0.1, 0.15) is 0 Å². The maximum absolute atomic E-state index is 13.0. The molecule has 8 heteroatoms. The molecule has 0 atom stereocenters. The van der Waals surface area contributed by atoms with Crippen molar-refractivity contribution in [2.24, 2.45) is 0 Å². The van der Waals surface area contributed by atoms with Crippen LogP contribution in [0.5, 0.6) is 0 Å². The zero-order valence-corrected chi connectivity index (χ0v) is 39.5. The van der Waals surface area contributed by atoms with Crippen LogP contribution in [0, 0.1) is 0 Å². The van der Waals surface area contributed by atoms with Crippen molar-refractivity contribution in [1.82, 2.24) is 0 Å². The van der Waals surface area contributed by atoms with E-state index in [-0.39, 0.29) is 24.3 Å². The average molecular weight is 859 g/mol. The Bertz CT molecular complexity index is 1340. The summed E-state index contributed by atoms with van der Waals surface area (Å²) in [6, 6.07) is 3.32. The summed E-state index contributed by atoms with van der Waals surface area (Å²) in [4.78, 5) is 25.5. The molecular weight excluding hydrogens is 769 g/mol. The summed E-state index contributed by atoms with van der Waals surface area (Å²) in [5, 5.41) is 0. The van der Waals surface area contributed by atoms with E-state index < -0.39 is 27.0 Å². The van der Waals surface area contributed by atoms with E-state index in [1.165, 1.54) is 192 Å². The molecule has 0 amide bonds. The Kier molecular flexibility index (Phi) is 37.6. The number of rotatable bonds is 43. The number of carbonyl (C=O) groups is 2. The molecule has 0 saturated heterocycles. The predicted molar refractivity (Wildman–Crippen MR) is 253 cm³/mol. The lowest BCUT2D eigenvalue weighted by atomic mass is 10.0. The van der Waals surface area contributed by atoms with Crippen molar-refractivity contribution in [1.29, 1.82) is 0 Å². The fraction of sp³-hybridized carbons (Fsp3) is 0.769. The van der Waals surface area contributed by atoms with E-state index in [1.54, 1.807) is 0 Å². The second kappa shape index (κ2) is 40.6. The Morgan fingerprint density at radius 3 is 1.03 bits per heavy atom. The fourth-order valence-corrected chi connectivity index (χ4v) is 8.14. The van der Waals surface area contributed by atoms with Crippen LogP contribution in [0.3, 0.4) is 0 Å². The second-order valence-corrected chi connectivity index (χ2v) is 18.6. The first-order chi connectivity index (χ1) is 29.3. The van der Waals surface area contributed by atoms with Crippen molar-refractivity contribution in [3.63, 3.8) is 0 Å². The topological polar surface area (TPSA) is 107 Å². The van der Waals surface area contributed by atoms with Crippen molar-refractivity contribution >= 4 is 22.1 Å². The van der Waals surface area contributed by atoms with Crippen LogP contribution in [0.4, 0.5) is 0 Å².